The zero-order valence-electron chi connectivity index (χ0n) is 27.0. The summed E-state index contributed by atoms with van der Waals surface area (Å²) in [7, 11) is 2.15. The van der Waals surface area contributed by atoms with Gasteiger partial charge in [-0.3, -0.25) is 14.4 Å². The van der Waals surface area contributed by atoms with Crippen LogP contribution >= 0.6 is 11.9 Å². The van der Waals surface area contributed by atoms with Crippen LogP contribution in [0.3, 0.4) is 0 Å². The molecule has 6 aromatic rings. The molecule has 1 aliphatic heterocycles. The molecule has 1 saturated heterocycles. The van der Waals surface area contributed by atoms with Crippen molar-refractivity contribution in [2.45, 2.75) is 37.8 Å². The Kier molecular flexibility index (Phi) is 8.39. The fourth-order valence-electron chi connectivity index (χ4n) is 5.85. The summed E-state index contributed by atoms with van der Waals surface area (Å²) in [6.45, 7) is 10.2. The number of likely N-dealkylation sites (N-methyl/N-ethyl adjacent to an activating group) is 1. The Balaban J connectivity index is 1.04. The number of rotatable bonds is 9. The molecule has 47 heavy (non-hydrogen) atoms. The van der Waals surface area contributed by atoms with Gasteiger partial charge in [0.2, 0.25) is 5.95 Å². The SMILES string of the molecule is Cc1c(-c2nccc3cnc(Nc4ccc(SNc5ncc(N6CCN(C)CC6)cn5)cc4)cc23)ccc2c1cnn2CC(C)(C)O. The van der Waals surface area contributed by atoms with Crippen LogP contribution in [-0.4, -0.2) is 78.6 Å². The van der Waals surface area contributed by atoms with Gasteiger partial charge < -0.3 is 20.2 Å². The lowest BCUT2D eigenvalue weighted by atomic mass is 9.98. The van der Waals surface area contributed by atoms with Crippen LogP contribution in [0, 0.1) is 6.92 Å². The first-order valence-electron chi connectivity index (χ1n) is 15.7. The molecule has 12 heteroatoms. The van der Waals surface area contributed by atoms with E-state index < -0.39 is 5.60 Å². The van der Waals surface area contributed by atoms with Crippen LogP contribution in [0.15, 0.2) is 84.4 Å². The molecule has 5 heterocycles. The van der Waals surface area contributed by atoms with Gasteiger partial charge in [-0.1, -0.05) is 6.07 Å². The summed E-state index contributed by atoms with van der Waals surface area (Å²) in [5.74, 6) is 1.31. The zero-order valence-corrected chi connectivity index (χ0v) is 27.8. The molecule has 1 aliphatic rings. The highest BCUT2D eigenvalue weighted by Crippen LogP contribution is 2.34. The molecule has 3 N–H and O–H groups in total. The first-order chi connectivity index (χ1) is 22.7. The maximum Gasteiger partial charge on any atom is 0.233 e. The van der Waals surface area contributed by atoms with Crippen LogP contribution in [-0.2, 0) is 6.54 Å². The van der Waals surface area contributed by atoms with E-state index in [-0.39, 0.29) is 0 Å². The molecule has 7 rings (SSSR count). The first kappa shape index (κ1) is 30.9. The average molecular weight is 647 g/mol. The van der Waals surface area contributed by atoms with Gasteiger partial charge in [0.05, 0.1) is 47.6 Å². The Morgan fingerprint density at radius 2 is 1.64 bits per heavy atom. The summed E-state index contributed by atoms with van der Waals surface area (Å²) in [5.41, 5.74) is 5.13. The second-order valence-corrected chi connectivity index (χ2v) is 13.5. The van der Waals surface area contributed by atoms with Gasteiger partial charge in [-0.15, -0.1) is 0 Å². The van der Waals surface area contributed by atoms with E-state index in [0.717, 1.165) is 86.8 Å². The quantitative estimate of drug-likeness (QED) is 0.157. The standard InChI is InChI=1S/C35H38N10OS/c1-23-28(9-10-31-30(23)21-40-45(31)22-35(2,3)46)33-29-17-32(37-18-24(29)11-12-36-33)41-25-5-7-27(8-6-25)47-42-34-38-19-26(20-39-34)44-15-13-43(4)14-16-44/h5-12,17-21,46H,13-16,22H2,1-4H3,(H,37,41)(H,38,39,42). The van der Waals surface area contributed by atoms with Crippen LogP contribution < -0.4 is 14.9 Å². The number of aliphatic hydroxyl groups is 1. The zero-order chi connectivity index (χ0) is 32.5. The molecule has 0 atom stereocenters. The lowest BCUT2D eigenvalue weighted by molar-refractivity contribution is 0.0591. The van der Waals surface area contributed by atoms with Gasteiger partial charge in [0, 0.05) is 70.9 Å². The predicted molar refractivity (Wildman–Crippen MR) is 190 cm³/mol. The van der Waals surface area contributed by atoms with E-state index in [2.05, 4.69) is 66.0 Å². The number of pyridine rings is 2. The molecule has 4 aromatic heterocycles. The smallest absolute Gasteiger partial charge is 0.233 e. The minimum atomic E-state index is -0.859. The van der Waals surface area contributed by atoms with Gasteiger partial charge in [-0.05, 0) is 87.8 Å². The third-order valence-corrected chi connectivity index (χ3v) is 9.22. The van der Waals surface area contributed by atoms with E-state index in [4.69, 9.17) is 4.98 Å². The fraction of sp³-hybridized carbons (Fsp3) is 0.286. The van der Waals surface area contributed by atoms with Crippen molar-refractivity contribution in [1.29, 1.82) is 0 Å². The Morgan fingerprint density at radius 3 is 2.38 bits per heavy atom. The third-order valence-electron chi connectivity index (χ3n) is 8.43. The Labute approximate surface area is 278 Å². The summed E-state index contributed by atoms with van der Waals surface area (Å²) in [6.07, 6.45) is 9.35. The van der Waals surface area contributed by atoms with Gasteiger partial charge in [0.15, 0.2) is 0 Å². The van der Waals surface area contributed by atoms with Crippen molar-refractivity contribution >= 4 is 56.8 Å². The highest BCUT2D eigenvalue weighted by Gasteiger charge is 2.19. The number of aryl methyl sites for hydroxylation is 1. The van der Waals surface area contributed by atoms with Crippen molar-refractivity contribution in [3.63, 3.8) is 0 Å². The lowest BCUT2D eigenvalue weighted by Crippen LogP contribution is -2.44. The van der Waals surface area contributed by atoms with Crippen molar-refractivity contribution in [3.05, 3.63) is 85.1 Å². The summed E-state index contributed by atoms with van der Waals surface area (Å²) in [6, 6.07) is 16.3. The number of anilines is 4. The van der Waals surface area contributed by atoms with Gasteiger partial charge in [0.25, 0.3) is 0 Å². The summed E-state index contributed by atoms with van der Waals surface area (Å²) in [5, 5.41) is 21.4. The van der Waals surface area contributed by atoms with Gasteiger partial charge >= 0.3 is 0 Å². The first-order valence-corrected chi connectivity index (χ1v) is 16.5. The molecule has 11 nitrogen and oxygen atoms in total. The minimum absolute atomic E-state index is 0.415. The van der Waals surface area contributed by atoms with E-state index in [0.29, 0.717) is 12.5 Å². The lowest BCUT2D eigenvalue weighted by Gasteiger charge is -2.33. The van der Waals surface area contributed by atoms with Gasteiger partial charge in [-0.2, -0.15) is 5.10 Å². The second-order valence-electron chi connectivity index (χ2n) is 12.6. The number of hydrogen-bond donors (Lipinski definition) is 3. The highest BCUT2D eigenvalue weighted by atomic mass is 32.2. The molecule has 0 radical (unpaired) electrons. The van der Waals surface area contributed by atoms with Crippen molar-refractivity contribution in [3.8, 4) is 11.3 Å². The molecule has 240 valence electrons. The van der Waals surface area contributed by atoms with Crippen LogP contribution in [0.25, 0.3) is 32.9 Å². The molecule has 1 fully saturated rings. The maximum atomic E-state index is 10.3. The monoisotopic (exact) mass is 646 g/mol. The fourth-order valence-corrected chi connectivity index (χ4v) is 6.44. The summed E-state index contributed by atoms with van der Waals surface area (Å²) < 4.78 is 5.10. The van der Waals surface area contributed by atoms with E-state index >= 15 is 0 Å². The Hall–Kier alpha value is -4.78. The van der Waals surface area contributed by atoms with Crippen LogP contribution in [0.5, 0.6) is 0 Å². The number of piperazine rings is 1. The molecule has 0 saturated carbocycles. The number of benzene rings is 2. The number of nitrogens with one attached hydrogen (secondary N) is 2. The second kappa shape index (κ2) is 12.8. The van der Waals surface area contributed by atoms with Crippen molar-refractivity contribution < 1.29 is 5.11 Å². The number of nitrogens with zero attached hydrogens (tertiary/aromatic N) is 8. The summed E-state index contributed by atoms with van der Waals surface area (Å²) >= 11 is 1.47. The van der Waals surface area contributed by atoms with Crippen molar-refractivity contribution in [2.24, 2.45) is 0 Å². The predicted octanol–water partition coefficient (Wildman–Crippen LogP) is 6.13. The largest absolute Gasteiger partial charge is 0.389 e. The van der Waals surface area contributed by atoms with E-state index in [9.17, 15) is 5.11 Å². The van der Waals surface area contributed by atoms with Crippen LogP contribution in [0.4, 0.5) is 23.1 Å². The Bertz CT molecular complexity index is 2010. The topological polar surface area (TPSA) is 120 Å². The van der Waals surface area contributed by atoms with Gasteiger partial charge in [0.1, 0.15) is 5.82 Å². The molecule has 0 unspecified atom stereocenters. The van der Waals surface area contributed by atoms with Crippen molar-refractivity contribution in [1.82, 2.24) is 34.6 Å². The molecule has 0 bridgehead atoms. The molecular weight excluding hydrogens is 609 g/mol. The maximum absolute atomic E-state index is 10.3. The van der Waals surface area contributed by atoms with E-state index in [1.165, 1.54) is 11.9 Å². The summed E-state index contributed by atoms with van der Waals surface area (Å²) in [4.78, 5) is 24.2. The number of aromatic nitrogens is 6. The molecule has 0 aliphatic carbocycles. The number of hydrogen-bond acceptors (Lipinski definition) is 11. The van der Waals surface area contributed by atoms with Crippen LogP contribution in [0.2, 0.25) is 0 Å². The van der Waals surface area contributed by atoms with Crippen molar-refractivity contribution in [2.75, 3.05) is 48.2 Å². The number of fused-ring (bicyclic) bond motifs is 2. The van der Waals surface area contributed by atoms with E-state index in [1.807, 2.05) is 72.1 Å². The molecule has 0 spiro atoms. The minimum Gasteiger partial charge on any atom is -0.389 e. The molecule has 0 amide bonds. The molecule has 2 aromatic carbocycles. The van der Waals surface area contributed by atoms with Gasteiger partial charge in [-0.25, -0.2) is 15.0 Å². The normalized spacial score (nSPS) is 14.2. The third kappa shape index (κ3) is 6.85. The van der Waals surface area contributed by atoms with Crippen LogP contribution in [0.1, 0.15) is 19.4 Å². The Morgan fingerprint density at radius 1 is 0.872 bits per heavy atom. The molecular formula is C35H38N10OS. The van der Waals surface area contributed by atoms with E-state index in [1.54, 1.807) is 13.8 Å². The highest BCUT2D eigenvalue weighted by molar-refractivity contribution is 8.00. The average Bonchev–Trinajstić information content (AvgIpc) is 3.47.